The monoisotopic (exact) mass is 292 g/mol. The largest absolute Gasteiger partial charge is 0.382 e. The van der Waals surface area contributed by atoms with Gasteiger partial charge in [0.2, 0.25) is 0 Å². The van der Waals surface area contributed by atoms with Gasteiger partial charge in [-0.05, 0) is 12.0 Å². The van der Waals surface area contributed by atoms with Crippen molar-refractivity contribution in [1.82, 2.24) is 0 Å². The van der Waals surface area contributed by atoms with E-state index in [9.17, 15) is 0 Å². The molecule has 0 N–H and O–H groups in total. The van der Waals surface area contributed by atoms with E-state index in [0.29, 0.717) is 13.2 Å². The zero-order valence-electron chi connectivity index (χ0n) is 13.9. The predicted molar refractivity (Wildman–Crippen MR) is 89.6 cm³/mol. The standard InChI is InChI=1S/C19H32O2/c1-3-4-5-6-7-8-12-15-19(21-17-16-20-2)18-13-10-9-11-14-18/h9-11,13-14,19H,3-8,12,15-17H2,1-2H3. The molecule has 0 radical (unpaired) electrons. The topological polar surface area (TPSA) is 18.5 Å². The summed E-state index contributed by atoms with van der Waals surface area (Å²) in [6, 6.07) is 10.6. The zero-order chi connectivity index (χ0) is 15.2. The lowest BCUT2D eigenvalue weighted by Gasteiger charge is -2.18. The molecule has 0 aliphatic heterocycles. The summed E-state index contributed by atoms with van der Waals surface area (Å²) in [4.78, 5) is 0. The lowest BCUT2D eigenvalue weighted by molar-refractivity contribution is 0.0108. The summed E-state index contributed by atoms with van der Waals surface area (Å²) in [5.41, 5.74) is 1.29. The Labute approximate surface area is 130 Å². The number of hydrogen-bond acceptors (Lipinski definition) is 2. The predicted octanol–water partition coefficient (Wildman–Crippen LogP) is 5.53. The number of methoxy groups -OCH3 is 1. The van der Waals surface area contributed by atoms with E-state index < -0.39 is 0 Å². The molecule has 1 aromatic rings. The van der Waals surface area contributed by atoms with Crippen LogP contribution in [0, 0.1) is 0 Å². The van der Waals surface area contributed by atoms with Gasteiger partial charge in [0.05, 0.1) is 19.3 Å². The molecule has 0 bridgehead atoms. The molecule has 0 spiro atoms. The molecule has 1 rings (SSSR count). The Balaban J connectivity index is 2.26. The van der Waals surface area contributed by atoms with Crippen LogP contribution in [0.15, 0.2) is 30.3 Å². The van der Waals surface area contributed by atoms with Crippen LogP contribution in [0.2, 0.25) is 0 Å². The molecule has 1 atom stereocenters. The summed E-state index contributed by atoms with van der Waals surface area (Å²) < 4.78 is 11.1. The molecule has 120 valence electrons. The van der Waals surface area contributed by atoms with Crippen LogP contribution in [-0.4, -0.2) is 20.3 Å². The van der Waals surface area contributed by atoms with E-state index in [1.807, 2.05) is 0 Å². The Kier molecular flexibility index (Phi) is 11.1. The van der Waals surface area contributed by atoms with E-state index in [0.717, 1.165) is 6.42 Å². The molecule has 1 unspecified atom stereocenters. The number of unbranched alkanes of at least 4 members (excludes halogenated alkanes) is 6. The normalized spacial score (nSPS) is 12.5. The lowest BCUT2D eigenvalue weighted by Crippen LogP contribution is -2.09. The zero-order valence-corrected chi connectivity index (χ0v) is 13.9. The molecule has 0 saturated carbocycles. The van der Waals surface area contributed by atoms with Crippen molar-refractivity contribution in [2.45, 2.75) is 64.4 Å². The van der Waals surface area contributed by atoms with E-state index in [2.05, 4.69) is 37.3 Å². The van der Waals surface area contributed by atoms with Gasteiger partial charge < -0.3 is 9.47 Å². The highest BCUT2D eigenvalue weighted by molar-refractivity contribution is 5.17. The molecule has 0 aliphatic rings. The maximum atomic E-state index is 5.99. The summed E-state index contributed by atoms with van der Waals surface area (Å²) in [5, 5.41) is 0. The Morgan fingerprint density at radius 3 is 2.19 bits per heavy atom. The van der Waals surface area contributed by atoms with Crippen molar-refractivity contribution in [2.24, 2.45) is 0 Å². The van der Waals surface area contributed by atoms with Crippen molar-refractivity contribution in [3.63, 3.8) is 0 Å². The van der Waals surface area contributed by atoms with Gasteiger partial charge in [0.25, 0.3) is 0 Å². The third-order valence-corrected chi connectivity index (χ3v) is 3.85. The molecule has 0 amide bonds. The molecule has 2 heteroatoms. The minimum atomic E-state index is 0.219. The van der Waals surface area contributed by atoms with Crippen LogP contribution in [0.3, 0.4) is 0 Å². The first-order valence-electron chi connectivity index (χ1n) is 8.54. The van der Waals surface area contributed by atoms with Crippen molar-refractivity contribution in [3.05, 3.63) is 35.9 Å². The first kappa shape index (κ1) is 18.2. The quantitative estimate of drug-likeness (QED) is 0.445. The molecule has 0 fully saturated rings. The van der Waals surface area contributed by atoms with E-state index in [4.69, 9.17) is 9.47 Å². The highest BCUT2D eigenvalue weighted by Crippen LogP contribution is 2.24. The molecule has 0 heterocycles. The second kappa shape index (κ2) is 12.8. The molecule has 0 aromatic heterocycles. The van der Waals surface area contributed by atoms with E-state index >= 15 is 0 Å². The van der Waals surface area contributed by atoms with E-state index in [1.54, 1.807) is 7.11 Å². The first-order valence-corrected chi connectivity index (χ1v) is 8.54. The van der Waals surface area contributed by atoms with Crippen LogP contribution in [0.4, 0.5) is 0 Å². The SMILES string of the molecule is CCCCCCCCCC(OCCOC)c1ccccc1. The fourth-order valence-corrected chi connectivity index (χ4v) is 2.57. The minimum absolute atomic E-state index is 0.219. The van der Waals surface area contributed by atoms with Crippen molar-refractivity contribution in [1.29, 1.82) is 0 Å². The smallest absolute Gasteiger partial charge is 0.0826 e. The van der Waals surface area contributed by atoms with Crippen molar-refractivity contribution in [3.8, 4) is 0 Å². The summed E-state index contributed by atoms with van der Waals surface area (Å²) in [7, 11) is 1.72. The van der Waals surface area contributed by atoms with Crippen molar-refractivity contribution >= 4 is 0 Å². The number of benzene rings is 1. The van der Waals surface area contributed by atoms with Gasteiger partial charge in [0.1, 0.15) is 0 Å². The highest BCUT2D eigenvalue weighted by atomic mass is 16.5. The lowest BCUT2D eigenvalue weighted by atomic mass is 10.0. The minimum Gasteiger partial charge on any atom is -0.382 e. The first-order chi connectivity index (χ1) is 10.4. The average molecular weight is 292 g/mol. The van der Waals surface area contributed by atoms with Crippen LogP contribution in [0.1, 0.15) is 70.0 Å². The fourth-order valence-electron chi connectivity index (χ4n) is 2.57. The number of rotatable bonds is 13. The van der Waals surface area contributed by atoms with Gasteiger partial charge in [-0.15, -0.1) is 0 Å². The maximum Gasteiger partial charge on any atom is 0.0826 e. The molecular formula is C19H32O2. The van der Waals surface area contributed by atoms with Gasteiger partial charge in [0.15, 0.2) is 0 Å². The molecular weight excluding hydrogens is 260 g/mol. The van der Waals surface area contributed by atoms with Gasteiger partial charge in [0, 0.05) is 7.11 Å². The van der Waals surface area contributed by atoms with Crippen molar-refractivity contribution in [2.75, 3.05) is 20.3 Å². The van der Waals surface area contributed by atoms with Crippen molar-refractivity contribution < 1.29 is 9.47 Å². The van der Waals surface area contributed by atoms with Gasteiger partial charge >= 0.3 is 0 Å². The number of hydrogen-bond donors (Lipinski definition) is 0. The Morgan fingerprint density at radius 2 is 1.52 bits per heavy atom. The molecule has 1 aromatic carbocycles. The van der Waals surface area contributed by atoms with Crippen LogP contribution >= 0.6 is 0 Å². The van der Waals surface area contributed by atoms with E-state index in [-0.39, 0.29) is 6.10 Å². The fraction of sp³-hybridized carbons (Fsp3) is 0.684. The third-order valence-electron chi connectivity index (χ3n) is 3.85. The average Bonchev–Trinajstić information content (AvgIpc) is 2.53. The van der Waals surface area contributed by atoms with E-state index in [1.165, 1.54) is 50.5 Å². The molecule has 0 aliphatic carbocycles. The summed E-state index contributed by atoms with van der Waals surface area (Å²) in [5.74, 6) is 0. The molecule has 21 heavy (non-hydrogen) atoms. The van der Waals surface area contributed by atoms with Gasteiger partial charge in [-0.25, -0.2) is 0 Å². The van der Waals surface area contributed by atoms with Gasteiger partial charge in [-0.3, -0.25) is 0 Å². The second-order valence-electron chi connectivity index (χ2n) is 5.67. The van der Waals surface area contributed by atoms with Gasteiger partial charge in [-0.2, -0.15) is 0 Å². The van der Waals surface area contributed by atoms with Crippen LogP contribution in [-0.2, 0) is 9.47 Å². The molecule has 0 saturated heterocycles. The summed E-state index contributed by atoms with van der Waals surface area (Å²) in [6.07, 6.45) is 10.7. The van der Waals surface area contributed by atoms with Gasteiger partial charge in [-0.1, -0.05) is 82.2 Å². The molecule has 2 nitrogen and oxygen atoms in total. The Hall–Kier alpha value is -0.860. The maximum absolute atomic E-state index is 5.99. The number of ether oxygens (including phenoxy) is 2. The Bertz CT molecular complexity index is 324. The van der Waals surface area contributed by atoms with Crippen LogP contribution in [0.25, 0.3) is 0 Å². The Morgan fingerprint density at radius 1 is 0.857 bits per heavy atom. The summed E-state index contributed by atoms with van der Waals surface area (Å²) >= 11 is 0. The van der Waals surface area contributed by atoms with Crippen LogP contribution < -0.4 is 0 Å². The third kappa shape index (κ3) is 8.90. The second-order valence-corrected chi connectivity index (χ2v) is 5.67. The summed E-state index contributed by atoms with van der Waals surface area (Å²) in [6.45, 7) is 3.61. The highest BCUT2D eigenvalue weighted by Gasteiger charge is 2.11. The van der Waals surface area contributed by atoms with Crippen LogP contribution in [0.5, 0.6) is 0 Å².